The van der Waals surface area contributed by atoms with Crippen LogP contribution in [0.1, 0.15) is 6.92 Å². The van der Waals surface area contributed by atoms with Crippen LogP contribution in [0.15, 0.2) is 24.3 Å². The van der Waals surface area contributed by atoms with Gasteiger partial charge in [0, 0.05) is 24.4 Å². The molecule has 0 radical (unpaired) electrons. The highest BCUT2D eigenvalue weighted by atomic mass is 16.6. The minimum Gasteiger partial charge on any atom is -0.358 e. The van der Waals surface area contributed by atoms with Crippen LogP contribution in [-0.2, 0) is 0 Å². The summed E-state index contributed by atoms with van der Waals surface area (Å²) >= 11 is 0. The van der Waals surface area contributed by atoms with E-state index in [2.05, 4.69) is 0 Å². The average molecular weight is 205 g/mol. The summed E-state index contributed by atoms with van der Waals surface area (Å²) in [7, 11) is 0. The van der Waals surface area contributed by atoms with Crippen molar-refractivity contribution in [2.75, 3.05) is 18.0 Å². The molecule has 0 aliphatic heterocycles. The molecule has 0 fully saturated rings. The zero-order chi connectivity index (χ0) is 11.3. The van der Waals surface area contributed by atoms with Crippen LogP contribution in [0.25, 0.3) is 0 Å². The third-order valence-corrected chi connectivity index (χ3v) is 2.07. The van der Waals surface area contributed by atoms with Crippen molar-refractivity contribution < 1.29 is 4.92 Å². The third kappa shape index (κ3) is 2.68. The number of rotatable bonds is 4. The van der Waals surface area contributed by atoms with Crippen molar-refractivity contribution in [3.05, 3.63) is 34.4 Å². The summed E-state index contributed by atoms with van der Waals surface area (Å²) in [6.45, 7) is 2.92. The Morgan fingerprint density at radius 2 is 2.07 bits per heavy atom. The number of nitro groups is 1. The maximum absolute atomic E-state index is 10.4. The van der Waals surface area contributed by atoms with Gasteiger partial charge in [0.1, 0.15) is 6.54 Å². The number of anilines is 1. The molecule has 0 spiro atoms. The van der Waals surface area contributed by atoms with E-state index in [1.807, 2.05) is 17.9 Å². The molecule has 0 bridgehead atoms. The van der Waals surface area contributed by atoms with Crippen molar-refractivity contribution in [2.45, 2.75) is 6.92 Å². The van der Waals surface area contributed by atoms with Crippen LogP contribution < -0.4 is 4.90 Å². The summed E-state index contributed by atoms with van der Waals surface area (Å²) in [5.41, 5.74) is 0.886. The fourth-order valence-electron chi connectivity index (χ4n) is 1.26. The molecule has 15 heavy (non-hydrogen) atoms. The zero-order valence-corrected chi connectivity index (χ0v) is 8.38. The zero-order valence-electron chi connectivity index (χ0n) is 8.38. The first kappa shape index (κ1) is 11.0. The molecule has 1 aromatic rings. The van der Waals surface area contributed by atoms with Crippen LogP contribution in [0.3, 0.4) is 0 Å². The van der Waals surface area contributed by atoms with Gasteiger partial charge in [-0.2, -0.15) is 5.26 Å². The standard InChI is InChI=1S/C10H11N3O2/c1-2-12(8-7-11)9-3-5-10(6-4-9)13(14)15/h3-6H,2,8H2,1H3. The number of nitro benzene ring substituents is 1. The summed E-state index contributed by atoms with van der Waals surface area (Å²) in [6, 6.07) is 8.23. The second-order valence-electron chi connectivity index (χ2n) is 2.95. The lowest BCUT2D eigenvalue weighted by Crippen LogP contribution is -2.22. The van der Waals surface area contributed by atoms with E-state index in [4.69, 9.17) is 5.26 Å². The lowest BCUT2D eigenvalue weighted by Gasteiger charge is -2.18. The number of non-ortho nitro benzene ring substituents is 1. The summed E-state index contributed by atoms with van der Waals surface area (Å²) in [5, 5.41) is 19.0. The summed E-state index contributed by atoms with van der Waals surface area (Å²) in [6.07, 6.45) is 0. The Balaban J connectivity index is 2.87. The largest absolute Gasteiger partial charge is 0.358 e. The molecular weight excluding hydrogens is 194 g/mol. The van der Waals surface area contributed by atoms with Crippen LogP contribution in [-0.4, -0.2) is 18.0 Å². The molecule has 5 nitrogen and oxygen atoms in total. The SMILES string of the molecule is CCN(CC#N)c1ccc([N+](=O)[O-])cc1. The van der Waals surface area contributed by atoms with E-state index < -0.39 is 4.92 Å². The van der Waals surface area contributed by atoms with Crippen molar-refractivity contribution in [1.29, 1.82) is 5.26 Å². The summed E-state index contributed by atoms with van der Waals surface area (Å²) < 4.78 is 0. The summed E-state index contributed by atoms with van der Waals surface area (Å²) in [4.78, 5) is 11.8. The van der Waals surface area contributed by atoms with Crippen LogP contribution in [0.5, 0.6) is 0 Å². The highest BCUT2D eigenvalue weighted by Crippen LogP contribution is 2.18. The highest BCUT2D eigenvalue weighted by Gasteiger charge is 2.07. The molecule has 1 aromatic carbocycles. The average Bonchev–Trinajstić information content (AvgIpc) is 2.26. The van der Waals surface area contributed by atoms with Crippen molar-refractivity contribution in [2.24, 2.45) is 0 Å². The summed E-state index contributed by atoms with van der Waals surface area (Å²) in [5.74, 6) is 0. The van der Waals surface area contributed by atoms with Gasteiger partial charge in [0.2, 0.25) is 0 Å². The smallest absolute Gasteiger partial charge is 0.269 e. The van der Waals surface area contributed by atoms with Crippen molar-refractivity contribution in [1.82, 2.24) is 0 Å². The van der Waals surface area contributed by atoms with Crippen LogP contribution in [0.2, 0.25) is 0 Å². The number of benzene rings is 1. The molecule has 0 aromatic heterocycles. The van der Waals surface area contributed by atoms with Gasteiger partial charge in [-0.15, -0.1) is 0 Å². The fraction of sp³-hybridized carbons (Fsp3) is 0.300. The number of hydrogen-bond donors (Lipinski definition) is 0. The Morgan fingerprint density at radius 1 is 1.47 bits per heavy atom. The Labute approximate surface area is 87.7 Å². The molecule has 0 heterocycles. The van der Waals surface area contributed by atoms with Crippen molar-refractivity contribution >= 4 is 11.4 Å². The molecule has 78 valence electrons. The van der Waals surface area contributed by atoms with Gasteiger partial charge in [-0.05, 0) is 19.1 Å². The van der Waals surface area contributed by atoms with Gasteiger partial charge >= 0.3 is 0 Å². The van der Waals surface area contributed by atoms with Crippen LogP contribution in [0.4, 0.5) is 11.4 Å². The maximum Gasteiger partial charge on any atom is 0.269 e. The van der Waals surface area contributed by atoms with Gasteiger partial charge in [0.15, 0.2) is 0 Å². The second-order valence-corrected chi connectivity index (χ2v) is 2.95. The molecule has 1 rings (SSSR count). The number of hydrogen-bond acceptors (Lipinski definition) is 4. The Kier molecular flexibility index (Phi) is 3.63. The van der Waals surface area contributed by atoms with Gasteiger partial charge < -0.3 is 4.90 Å². The van der Waals surface area contributed by atoms with E-state index in [1.54, 1.807) is 12.1 Å². The van der Waals surface area contributed by atoms with Crippen molar-refractivity contribution in [3.63, 3.8) is 0 Å². The van der Waals surface area contributed by atoms with Gasteiger partial charge in [0.05, 0.1) is 11.0 Å². The fourth-order valence-corrected chi connectivity index (χ4v) is 1.26. The first-order chi connectivity index (χ1) is 7.19. The molecule has 0 amide bonds. The molecular formula is C10H11N3O2. The first-order valence-corrected chi connectivity index (χ1v) is 4.55. The Bertz CT molecular complexity index is 381. The molecule has 0 N–H and O–H groups in total. The van der Waals surface area contributed by atoms with Gasteiger partial charge in [0.25, 0.3) is 5.69 Å². The lowest BCUT2D eigenvalue weighted by atomic mass is 10.2. The molecule has 0 unspecified atom stereocenters. The van der Waals surface area contributed by atoms with E-state index in [1.165, 1.54) is 12.1 Å². The van der Waals surface area contributed by atoms with Crippen LogP contribution in [0, 0.1) is 21.4 Å². The van der Waals surface area contributed by atoms with Gasteiger partial charge in [-0.1, -0.05) is 0 Å². The van der Waals surface area contributed by atoms with E-state index in [0.717, 1.165) is 5.69 Å². The van der Waals surface area contributed by atoms with Gasteiger partial charge in [-0.25, -0.2) is 0 Å². The topological polar surface area (TPSA) is 70.2 Å². The normalized spacial score (nSPS) is 9.33. The number of nitriles is 1. The molecule has 5 heteroatoms. The molecule has 0 saturated carbocycles. The molecule has 0 aliphatic carbocycles. The first-order valence-electron chi connectivity index (χ1n) is 4.55. The van der Waals surface area contributed by atoms with E-state index in [0.29, 0.717) is 6.54 Å². The van der Waals surface area contributed by atoms with Gasteiger partial charge in [-0.3, -0.25) is 10.1 Å². The molecule has 0 aliphatic rings. The van der Waals surface area contributed by atoms with E-state index in [-0.39, 0.29) is 12.2 Å². The van der Waals surface area contributed by atoms with E-state index in [9.17, 15) is 10.1 Å². The van der Waals surface area contributed by atoms with Crippen LogP contribution >= 0.6 is 0 Å². The van der Waals surface area contributed by atoms with Crippen molar-refractivity contribution in [3.8, 4) is 6.07 Å². The lowest BCUT2D eigenvalue weighted by molar-refractivity contribution is -0.384. The molecule has 0 atom stereocenters. The minimum atomic E-state index is -0.440. The van der Waals surface area contributed by atoms with E-state index >= 15 is 0 Å². The maximum atomic E-state index is 10.4. The Morgan fingerprint density at radius 3 is 2.47 bits per heavy atom. The quantitative estimate of drug-likeness (QED) is 0.428. The second kappa shape index (κ2) is 4.96. The monoisotopic (exact) mass is 205 g/mol. The minimum absolute atomic E-state index is 0.0618. The predicted molar refractivity (Wildman–Crippen MR) is 56.6 cm³/mol. The predicted octanol–water partition coefficient (Wildman–Crippen LogP) is 1.94. The molecule has 0 saturated heterocycles. The number of nitrogens with zero attached hydrogens (tertiary/aromatic N) is 3. The highest BCUT2D eigenvalue weighted by molar-refractivity contribution is 5.51. The Hall–Kier alpha value is -2.09. The third-order valence-electron chi connectivity index (χ3n) is 2.07.